The highest BCUT2D eigenvalue weighted by Crippen LogP contribution is 2.04. The molecule has 0 radical (unpaired) electrons. The molecule has 8 heteroatoms. The van der Waals surface area contributed by atoms with Crippen molar-refractivity contribution in [2.75, 3.05) is 13.1 Å². The van der Waals surface area contributed by atoms with E-state index in [1.54, 1.807) is 24.3 Å². The summed E-state index contributed by atoms with van der Waals surface area (Å²) in [4.78, 5) is 22.1. The first-order valence-corrected chi connectivity index (χ1v) is 5.44. The number of benzene rings is 1. The topological polar surface area (TPSA) is 143 Å². The van der Waals surface area contributed by atoms with E-state index in [4.69, 9.17) is 16.7 Å². The molecule has 0 aromatic heterocycles. The molecule has 0 bridgehead atoms. The number of amides is 3. The van der Waals surface area contributed by atoms with E-state index in [0.29, 0.717) is 11.1 Å². The lowest BCUT2D eigenvalue weighted by Crippen LogP contribution is -2.37. The zero-order valence-electron chi connectivity index (χ0n) is 10.1. The Hall–Kier alpha value is -2.77. The fourth-order valence-electron chi connectivity index (χ4n) is 1.31. The zero-order chi connectivity index (χ0) is 14.3. The Morgan fingerprint density at radius 1 is 1.05 bits per heavy atom. The molecule has 0 unspecified atom stereocenters. The van der Waals surface area contributed by atoms with Crippen molar-refractivity contribution >= 4 is 17.8 Å². The molecule has 0 atom stereocenters. The smallest absolute Gasteiger partial charge is 0.312 e. The lowest BCUT2D eigenvalue weighted by atomic mass is 10.1. The maximum Gasteiger partial charge on any atom is 0.312 e. The van der Waals surface area contributed by atoms with E-state index < -0.39 is 6.03 Å². The standard InChI is InChI=1S/C11H15N5O3/c12-9(16-19)7-1-3-8(4-2-7)10(17)14-5-6-15-11(13)18/h1-4,19H,5-6H2,(H2,12,16)(H,14,17)(H3,13,15,18). The molecule has 1 aromatic rings. The molecule has 0 aliphatic carbocycles. The van der Waals surface area contributed by atoms with E-state index in [2.05, 4.69) is 15.8 Å². The van der Waals surface area contributed by atoms with Gasteiger partial charge in [-0.25, -0.2) is 4.79 Å². The SMILES string of the molecule is NC(=O)NCCNC(=O)c1ccc(/C(N)=N/O)cc1. The molecule has 7 N–H and O–H groups in total. The third kappa shape index (κ3) is 4.54. The summed E-state index contributed by atoms with van der Waals surface area (Å²) in [5.41, 5.74) is 11.2. The molecule has 8 nitrogen and oxygen atoms in total. The van der Waals surface area contributed by atoms with Gasteiger partial charge in [0.15, 0.2) is 5.84 Å². The number of urea groups is 1. The number of rotatable bonds is 5. The molecule has 0 aliphatic heterocycles. The molecule has 0 saturated heterocycles. The predicted octanol–water partition coefficient (Wildman–Crippen LogP) is -0.821. The van der Waals surface area contributed by atoms with E-state index in [9.17, 15) is 9.59 Å². The summed E-state index contributed by atoms with van der Waals surface area (Å²) in [6, 6.07) is 5.57. The van der Waals surface area contributed by atoms with Gasteiger partial charge in [0.1, 0.15) is 0 Å². The third-order valence-electron chi connectivity index (χ3n) is 2.26. The molecule has 3 amide bonds. The van der Waals surface area contributed by atoms with Gasteiger partial charge in [-0.05, 0) is 12.1 Å². The molecular weight excluding hydrogens is 250 g/mol. The fourth-order valence-corrected chi connectivity index (χ4v) is 1.31. The number of nitrogens with two attached hydrogens (primary N) is 2. The van der Waals surface area contributed by atoms with E-state index in [1.807, 2.05) is 0 Å². The number of nitrogens with zero attached hydrogens (tertiary/aromatic N) is 1. The van der Waals surface area contributed by atoms with E-state index >= 15 is 0 Å². The first kappa shape index (κ1) is 14.3. The van der Waals surface area contributed by atoms with E-state index in [0.717, 1.165) is 0 Å². The van der Waals surface area contributed by atoms with Gasteiger partial charge in [0.25, 0.3) is 5.91 Å². The van der Waals surface area contributed by atoms with Crippen LogP contribution in [0.4, 0.5) is 4.79 Å². The highest BCUT2D eigenvalue weighted by molar-refractivity contribution is 5.99. The van der Waals surface area contributed by atoms with Crippen LogP contribution in [0.15, 0.2) is 29.4 Å². The molecule has 19 heavy (non-hydrogen) atoms. The van der Waals surface area contributed by atoms with Crippen molar-refractivity contribution in [3.05, 3.63) is 35.4 Å². The van der Waals surface area contributed by atoms with Crippen LogP contribution in [0, 0.1) is 0 Å². The molecule has 102 valence electrons. The van der Waals surface area contributed by atoms with Crippen LogP contribution in [-0.4, -0.2) is 36.1 Å². The summed E-state index contributed by atoms with van der Waals surface area (Å²) < 4.78 is 0. The molecule has 0 saturated carbocycles. The van der Waals surface area contributed by atoms with E-state index in [-0.39, 0.29) is 24.8 Å². The van der Waals surface area contributed by atoms with Crippen LogP contribution in [0.1, 0.15) is 15.9 Å². The van der Waals surface area contributed by atoms with Crippen molar-refractivity contribution in [3.63, 3.8) is 0 Å². The molecule has 1 rings (SSSR count). The van der Waals surface area contributed by atoms with Crippen LogP contribution in [0.5, 0.6) is 0 Å². The lowest BCUT2D eigenvalue weighted by molar-refractivity contribution is 0.0954. The molecular formula is C11H15N5O3. The summed E-state index contributed by atoms with van der Waals surface area (Å²) in [5, 5.41) is 16.3. The van der Waals surface area contributed by atoms with Crippen molar-refractivity contribution in [2.45, 2.75) is 0 Å². The molecule has 0 fully saturated rings. The number of hydrogen-bond donors (Lipinski definition) is 5. The average Bonchev–Trinajstić information content (AvgIpc) is 2.42. The van der Waals surface area contributed by atoms with Crippen LogP contribution in [0.25, 0.3) is 0 Å². The van der Waals surface area contributed by atoms with Crippen molar-refractivity contribution < 1.29 is 14.8 Å². The summed E-state index contributed by atoms with van der Waals surface area (Å²) in [7, 11) is 0. The van der Waals surface area contributed by atoms with Gasteiger partial charge in [-0.1, -0.05) is 17.3 Å². The average molecular weight is 265 g/mol. The number of hydrogen-bond acceptors (Lipinski definition) is 4. The summed E-state index contributed by atoms with van der Waals surface area (Å²) in [6.07, 6.45) is 0. The van der Waals surface area contributed by atoms with Gasteiger partial charge in [-0.15, -0.1) is 0 Å². The highest BCUT2D eigenvalue weighted by Gasteiger charge is 2.06. The van der Waals surface area contributed by atoms with Crippen molar-refractivity contribution in [3.8, 4) is 0 Å². The third-order valence-corrected chi connectivity index (χ3v) is 2.26. The van der Waals surface area contributed by atoms with Crippen LogP contribution < -0.4 is 22.1 Å². The number of carbonyl (C=O) groups excluding carboxylic acids is 2. The van der Waals surface area contributed by atoms with Gasteiger partial charge in [-0.3, -0.25) is 4.79 Å². The second-order valence-corrected chi connectivity index (χ2v) is 3.61. The Kier molecular flexibility index (Phi) is 5.15. The van der Waals surface area contributed by atoms with Gasteiger partial charge in [0, 0.05) is 24.2 Å². The van der Waals surface area contributed by atoms with Gasteiger partial charge in [-0.2, -0.15) is 0 Å². The highest BCUT2D eigenvalue weighted by atomic mass is 16.4. The Morgan fingerprint density at radius 3 is 2.11 bits per heavy atom. The number of amidine groups is 1. The van der Waals surface area contributed by atoms with Crippen molar-refractivity contribution in [1.82, 2.24) is 10.6 Å². The van der Waals surface area contributed by atoms with Gasteiger partial charge in [0.05, 0.1) is 0 Å². The lowest BCUT2D eigenvalue weighted by Gasteiger charge is -2.06. The van der Waals surface area contributed by atoms with E-state index in [1.165, 1.54) is 0 Å². The monoisotopic (exact) mass is 265 g/mol. The fraction of sp³-hybridized carbons (Fsp3) is 0.182. The first-order valence-electron chi connectivity index (χ1n) is 5.44. The van der Waals surface area contributed by atoms with Crippen molar-refractivity contribution in [1.29, 1.82) is 0 Å². The Labute approximate surface area is 109 Å². The maximum absolute atomic E-state index is 11.7. The number of primary amides is 1. The maximum atomic E-state index is 11.7. The summed E-state index contributed by atoms with van der Waals surface area (Å²) in [6.45, 7) is 0.521. The first-order chi connectivity index (χ1) is 9.04. The minimum absolute atomic E-state index is 0.0300. The molecule has 0 aliphatic rings. The quantitative estimate of drug-likeness (QED) is 0.156. The summed E-state index contributed by atoms with van der Waals surface area (Å²) >= 11 is 0. The van der Waals surface area contributed by atoms with Crippen LogP contribution >= 0.6 is 0 Å². The minimum Gasteiger partial charge on any atom is -0.409 e. The second-order valence-electron chi connectivity index (χ2n) is 3.61. The largest absolute Gasteiger partial charge is 0.409 e. The molecule has 1 aromatic carbocycles. The van der Waals surface area contributed by atoms with Crippen LogP contribution in [-0.2, 0) is 0 Å². The van der Waals surface area contributed by atoms with Gasteiger partial charge >= 0.3 is 6.03 Å². The number of nitrogens with one attached hydrogen (secondary N) is 2. The predicted molar refractivity (Wildman–Crippen MR) is 68.9 cm³/mol. The van der Waals surface area contributed by atoms with Crippen molar-refractivity contribution in [2.24, 2.45) is 16.6 Å². The van der Waals surface area contributed by atoms with Crippen LogP contribution in [0.2, 0.25) is 0 Å². The normalized spacial score (nSPS) is 10.8. The Morgan fingerprint density at radius 2 is 1.58 bits per heavy atom. The number of oxime groups is 1. The summed E-state index contributed by atoms with van der Waals surface area (Å²) in [5.74, 6) is -0.324. The van der Waals surface area contributed by atoms with Crippen LogP contribution in [0.3, 0.4) is 0 Å². The molecule has 0 heterocycles. The van der Waals surface area contributed by atoms with Gasteiger partial charge in [0.2, 0.25) is 0 Å². The minimum atomic E-state index is -0.641. The Balaban J connectivity index is 2.51. The zero-order valence-corrected chi connectivity index (χ0v) is 10.1. The molecule has 0 spiro atoms. The van der Waals surface area contributed by atoms with Gasteiger partial charge < -0.3 is 27.3 Å². The Bertz CT molecular complexity index is 484. The number of carbonyl (C=O) groups is 2. The second kappa shape index (κ2) is 6.84.